The molecule has 0 aliphatic heterocycles. The van der Waals surface area contributed by atoms with Gasteiger partial charge >= 0.3 is 0 Å². The van der Waals surface area contributed by atoms with Crippen LogP contribution in [0.1, 0.15) is 20.3 Å². The number of aromatic nitrogens is 3. The Balaban J connectivity index is 1.91. The predicted octanol–water partition coefficient (Wildman–Crippen LogP) is 1.70. The average Bonchev–Trinajstić information content (AvgIpc) is 2.48. The molecule has 0 spiro atoms. The molecule has 0 radical (unpaired) electrons. The second kappa shape index (κ2) is 6.79. The Labute approximate surface area is 118 Å². The van der Waals surface area contributed by atoms with Crippen LogP contribution < -0.4 is 5.32 Å². The molecule has 1 aromatic heterocycles. The van der Waals surface area contributed by atoms with Gasteiger partial charge in [-0.1, -0.05) is 12.1 Å². The minimum atomic E-state index is 0.135. The summed E-state index contributed by atoms with van der Waals surface area (Å²) in [7, 11) is 0. The van der Waals surface area contributed by atoms with Crippen LogP contribution >= 0.6 is 0 Å². The van der Waals surface area contributed by atoms with E-state index in [2.05, 4.69) is 20.5 Å². The number of fused-ring (bicyclic) bond motifs is 1. The van der Waals surface area contributed by atoms with Crippen LogP contribution in [0.4, 0.5) is 5.95 Å². The minimum Gasteiger partial charge on any atom is -0.352 e. The molecule has 6 nitrogen and oxygen atoms in total. The molecule has 0 aliphatic rings. The summed E-state index contributed by atoms with van der Waals surface area (Å²) < 4.78 is 0. The van der Waals surface area contributed by atoms with Gasteiger partial charge < -0.3 is 10.2 Å². The van der Waals surface area contributed by atoms with Gasteiger partial charge in [0.05, 0.1) is 5.52 Å². The number of hydrogen-bond donors (Lipinski definition) is 1. The average molecular weight is 273 g/mol. The van der Waals surface area contributed by atoms with Gasteiger partial charge in [0.25, 0.3) is 0 Å². The Bertz CT molecular complexity index is 583. The summed E-state index contributed by atoms with van der Waals surface area (Å²) in [6.45, 7) is 5.94. The SMILES string of the molecule is CCN(CC)C(=O)CCNc1nnc2ccccc2n1. The first-order valence-electron chi connectivity index (χ1n) is 6.85. The summed E-state index contributed by atoms with van der Waals surface area (Å²) in [6, 6.07) is 7.55. The highest BCUT2D eigenvalue weighted by molar-refractivity contribution is 5.77. The maximum Gasteiger partial charge on any atom is 0.243 e. The smallest absolute Gasteiger partial charge is 0.243 e. The van der Waals surface area contributed by atoms with Crippen LogP contribution in [0.5, 0.6) is 0 Å². The molecule has 0 unspecified atom stereocenters. The monoisotopic (exact) mass is 273 g/mol. The zero-order chi connectivity index (χ0) is 14.4. The van der Waals surface area contributed by atoms with Crippen LogP contribution in [-0.4, -0.2) is 45.6 Å². The summed E-state index contributed by atoms with van der Waals surface area (Å²) in [5.74, 6) is 0.590. The first kappa shape index (κ1) is 14.2. The van der Waals surface area contributed by atoms with Gasteiger partial charge in [0.2, 0.25) is 11.9 Å². The highest BCUT2D eigenvalue weighted by Gasteiger charge is 2.09. The molecule has 6 heteroatoms. The fourth-order valence-corrected chi connectivity index (χ4v) is 1.97. The molecule has 1 aromatic carbocycles. The number of rotatable bonds is 6. The van der Waals surface area contributed by atoms with Gasteiger partial charge in [-0.05, 0) is 26.0 Å². The summed E-state index contributed by atoms with van der Waals surface area (Å²) in [5.41, 5.74) is 1.55. The summed E-state index contributed by atoms with van der Waals surface area (Å²) in [5, 5.41) is 11.1. The number of para-hydroxylation sites is 1. The van der Waals surface area contributed by atoms with Crippen molar-refractivity contribution in [2.24, 2.45) is 0 Å². The highest BCUT2D eigenvalue weighted by Crippen LogP contribution is 2.08. The van der Waals surface area contributed by atoms with Crippen LogP contribution in [0.3, 0.4) is 0 Å². The van der Waals surface area contributed by atoms with E-state index in [-0.39, 0.29) is 5.91 Å². The number of hydrogen-bond acceptors (Lipinski definition) is 5. The van der Waals surface area contributed by atoms with Crippen molar-refractivity contribution in [3.63, 3.8) is 0 Å². The maximum absolute atomic E-state index is 11.8. The Kier molecular flexibility index (Phi) is 4.81. The van der Waals surface area contributed by atoms with Crippen LogP contribution in [0, 0.1) is 0 Å². The second-order valence-electron chi connectivity index (χ2n) is 4.37. The molecule has 0 atom stereocenters. The van der Waals surface area contributed by atoms with E-state index in [1.54, 1.807) is 4.90 Å². The third-order valence-corrected chi connectivity index (χ3v) is 3.10. The van der Waals surface area contributed by atoms with E-state index in [4.69, 9.17) is 0 Å². The van der Waals surface area contributed by atoms with E-state index in [1.165, 1.54) is 0 Å². The number of carbonyl (C=O) groups excluding carboxylic acids is 1. The van der Waals surface area contributed by atoms with Crippen LogP contribution in [-0.2, 0) is 4.79 Å². The summed E-state index contributed by atoms with van der Waals surface area (Å²) in [4.78, 5) is 18.0. The van der Waals surface area contributed by atoms with Crippen LogP contribution in [0.25, 0.3) is 11.0 Å². The number of carbonyl (C=O) groups is 1. The van der Waals surface area contributed by atoms with Gasteiger partial charge in [0.1, 0.15) is 5.52 Å². The van der Waals surface area contributed by atoms with Crippen molar-refractivity contribution in [1.82, 2.24) is 20.1 Å². The molecule has 0 saturated heterocycles. The molecular weight excluding hydrogens is 254 g/mol. The number of nitrogens with zero attached hydrogens (tertiary/aromatic N) is 4. The van der Waals surface area contributed by atoms with E-state index < -0.39 is 0 Å². The highest BCUT2D eigenvalue weighted by atomic mass is 16.2. The van der Waals surface area contributed by atoms with E-state index in [0.717, 1.165) is 24.1 Å². The second-order valence-corrected chi connectivity index (χ2v) is 4.37. The van der Waals surface area contributed by atoms with Crippen molar-refractivity contribution in [2.45, 2.75) is 20.3 Å². The zero-order valence-electron chi connectivity index (χ0n) is 11.8. The lowest BCUT2D eigenvalue weighted by Gasteiger charge is -2.18. The van der Waals surface area contributed by atoms with E-state index >= 15 is 0 Å². The molecular formula is C14H19N5O. The Morgan fingerprint density at radius 3 is 2.55 bits per heavy atom. The molecule has 1 N–H and O–H groups in total. The molecule has 20 heavy (non-hydrogen) atoms. The van der Waals surface area contributed by atoms with Gasteiger partial charge in [0, 0.05) is 26.1 Å². The molecule has 1 amide bonds. The van der Waals surface area contributed by atoms with Gasteiger partial charge in [-0.2, -0.15) is 0 Å². The fraction of sp³-hybridized carbons (Fsp3) is 0.429. The first-order valence-corrected chi connectivity index (χ1v) is 6.85. The van der Waals surface area contributed by atoms with Crippen LogP contribution in [0.2, 0.25) is 0 Å². The van der Waals surface area contributed by atoms with Gasteiger partial charge in [-0.3, -0.25) is 4.79 Å². The maximum atomic E-state index is 11.8. The number of anilines is 1. The Hall–Kier alpha value is -2.24. The van der Waals surface area contributed by atoms with Crippen molar-refractivity contribution in [3.8, 4) is 0 Å². The third-order valence-electron chi connectivity index (χ3n) is 3.10. The van der Waals surface area contributed by atoms with Crippen molar-refractivity contribution < 1.29 is 4.79 Å². The van der Waals surface area contributed by atoms with Crippen molar-refractivity contribution in [3.05, 3.63) is 24.3 Å². The molecule has 0 saturated carbocycles. The van der Waals surface area contributed by atoms with Crippen molar-refractivity contribution in [1.29, 1.82) is 0 Å². The quantitative estimate of drug-likeness (QED) is 0.867. The predicted molar refractivity (Wildman–Crippen MR) is 78.4 cm³/mol. The first-order chi connectivity index (χ1) is 9.74. The number of amides is 1. The Morgan fingerprint density at radius 1 is 1.15 bits per heavy atom. The molecule has 1 heterocycles. The van der Waals surface area contributed by atoms with E-state index in [9.17, 15) is 4.79 Å². The minimum absolute atomic E-state index is 0.135. The van der Waals surface area contributed by atoms with E-state index in [0.29, 0.717) is 18.9 Å². The zero-order valence-corrected chi connectivity index (χ0v) is 11.8. The molecule has 2 rings (SSSR count). The lowest BCUT2D eigenvalue weighted by molar-refractivity contribution is -0.130. The van der Waals surface area contributed by atoms with Crippen LogP contribution in [0.15, 0.2) is 24.3 Å². The largest absolute Gasteiger partial charge is 0.352 e. The number of benzene rings is 1. The third kappa shape index (κ3) is 3.40. The molecule has 0 fully saturated rings. The standard InChI is InChI=1S/C14H19N5O/c1-3-19(4-2)13(20)9-10-15-14-16-11-7-5-6-8-12(11)17-18-14/h5-8H,3-4,9-10H2,1-2H3,(H,15,16,18). The normalized spacial score (nSPS) is 10.5. The van der Waals surface area contributed by atoms with Gasteiger partial charge in [-0.25, -0.2) is 4.98 Å². The number of nitrogens with one attached hydrogen (secondary N) is 1. The lowest BCUT2D eigenvalue weighted by Crippen LogP contribution is -2.31. The lowest BCUT2D eigenvalue weighted by atomic mass is 10.3. The summed E-state index contributed by atoms with van der Waals surface area (Å²) in [6.07, 6.45) is 0.428. The molecule has 0 aliphatic carbocycles. The molecule has 0 bridgehead atoms. The van der Waals surface area contributed by atoms with Crippen molar-refractivity contribution in [2.75, 3.05) is 25.0 Å². The van der Waals surface area contributed by atoms with E-state index in [1.807, 2.05) is 38.1 Å². The fourth-order valence-electron chi connectivity index (χ4n) is 1.97. The summed E-state index contributed by atoms with van der Waals surface area (Å²) >= 11 is 0. The molecule has 106 valence electrons. The van der Waals surface area contributed by atoms with Gasteiger partial charge in [-0.15, -0.1) is 10.2 Å². The molecule has 2 aromatic rings. The Morgan fingerprint density at radius 2 is 1.85 bits per heavy atom. The van der Waals surface area contributed by atoms with Crippen molar-refractivity contribution >= 4 is 22.9 Å². The topological polar surface area (TPSA) is 71.0 Å². The van der Waals surface area contributed by atoms with Gasteiger partial charge in [0.15, 0.2) is 0 Å².